The Hall–Kier alpha value is -2.24. The van der Waals surface area contributed by atoms with Gasteiger partial charge in [-0.05, 0) is 31.0 Å². The van der Waals surface area contributed by atoms with E-state index in [1.165, 1.54) is 0 Å². The van der Waals surface area contributed by atoms with Crippen LogP contribution in [0.15, 0.2) is 48.5 Å². The Morgan fingerprint density at radius 1 is 1.26 bits per heavy atom. The van der Waals surface area contributed by atoms with Crippen LogP contribution in [0.25, 0.3) is 0 Å². The highest BCUT2D eigenvalue weighted by Crippen LogP contribution is 2.23. The lowest BCUT2D eigenvalue weighted by molar-refractivity contribution is -0.131. The molecule has 1 unspecified atom stereocenters. The maximum absolute atomic E-state index is 12.9. The summed E-state index contributed by atoms with van der Waals surface area (Å²) in [6, 6.07) is 15.2. The van der Waals surface area contributed by atoms with Crippen LogP contribution in [0, 0.1) is 0 Å². The van der Waals surface area contributed by atoms with Crippen molar-refractivity contribution < 1.29 is 14.3 Å². The number of nitrogens with zero attached hydrogens (tertiary/aromatic N) is 1. The maximum Gasteiger partial charge on any atom is 0.242 e. The predicted octanol–water partition coefficient (Wildman–Crippen LogP) is 3.97. The molecule has 2 aromatic carbocycles. The van der Waals surface area contributed by atoms with Crippen LogP contribution in [0.4, 0.5) is 5.69 Å². The fraction of sp³-hybridized carbons (Fsp3) is 0.381. The summed E-state index contributed by atoms with van der Waals surface area (Å²) < 4.78 is 11.2. The smallest absolute Gasteiger partial charge is 0.242 e. The molecule has 5 nitrogen and oxygen atoms in total. The van der Waals surface area contributed by atoms with Crippen molar-refractivity contribution in [2.24, 2.45) is 0 Å². The lowest BCUT2D eigenvalue weighted by Crippen LogP contribution is -2.40. The largest absolute Gasteiger partial charge is 0.496 e. The Labute approximate surface area is 165 Å². The molecule has 1 aliphatic heterocycles. The Balaban J connectivity index is 1.70. The molecule has 6 heteroatoms. The van der Waals surface area contributed by atoms with Crippen LogP contribution in [0.3, 0.4) is 0 Å². The number of amides is 1. The molecule has 0 aromatic heterocycles. The molecule has 0 saturated carbocycles. The summed E-state index contributed by atoms with van der Waals surface area (Å²) in [4.78, 5) is 14.8. The number of carbonyl (C=O) groups is 1. The molecule has 1 aliphatic rings. The summed E-state index contributed by atoms with van der Waals surface area (Å²) in [5.41, 5.74) is 1.73. The van der Waals surface area contributed by atoms with E-state index >= 15 is 0 Å². The number of methoxy groups -OCH3 is 1. The number of hydrogen-bond acceptors (Lipinski definition) is 4. The molecule has 0 aliphatic carbocycles. The van der Waals surface area contributed by atoms with E-state index < -0.39 is 0 Å². The van der Waals surface area contributed by atoms with Gasteiger partial charge in [-0.3, -0.25) is 4.79 Å². The summed E-state index contributed by atoms with van der Waals surface area (Å²) in [5, 5.41) is 3.74. The van der Waals surface area contributed by atoms with E-state index in [1.807, 2.05) is 47.4 Å². The van der Waals surface area contributed by atoms with Gasteiger partial charge in [0.25, 0.3) is 0 Å². The van der Waals surface area contributed by atoms with Crippen LogP contribution in [0.2, 0.25) is 5.02 Å². The lowest BCUT2D eigenvalue weighted by Gasteiger charge is -2.26. The van der Waals surface area contributed by atoms with Crippen molar-refractivity contribution in [1.82, 2.24) is 4.90 Å². The SMILES string of the molecule is COc1ccccc1CN(CC1CCCO1)C(=O)CNc1ccccc1Cl. The van der Waals surface area contributed by atoms with Gasteiger partial charge >= 0.3 is 0 Å². The number of benzene rings is 2. The first-order valence-corrected chi connectivity index (χ1v) is 9.55. The van der Waals surface area contributed by atoms with Gasteiger partial charge in [-0.25, -0.2) is 0 Å². The molecule has 0 radical (unpaired) electrons. The zero-order valence-corrected chi connectivity index (χ0v) is 16.2. The number of hydrogen-bond donors (Lipinski definition) is 1. The first-order chi connectivity index (χ1) is 13.2. The highest BCUT2D eigenvalue weighted by molar-refractivity contribution is 6.33. The van der Waals surface area contributed by atoms with Crippen molar-refractivity contribution >= 4 is 23.2 Å². The quantitative estimate of drug-likeness (QED) is 0.743. The molecule has 3 rings (SSSR count). The fourth-order valence-electron chi connectivity index (χ4n) is 3.22. The first kappa shape index (κ1) is 19.5. The number of anilines is 1. The second-order valence-electron chi connectivity index (χ2n) is 6.55. The summed E-state index contributed by atoms with van der Waals surface area (Å²) in [7, 11) is 1.64. The molecule has 2 aromatic rings. The van der Waals surface area contributed by atoms with Crippen LogP contribution in [0.5, 0.6) is 5.75 Å². The summed E-state index contributed by atoms with van der Waals surface area (Å²) >= 11 is 6.17. The zero-order valence-electron chi connectivity index (χ0n) is 15.5. The second kappa shape index (κ2) is 9.62. The molecule has 1 atom stereocenters. The van der Waals surface area contributed by atoms with Gasteiger partial charge in [0, 0.05) is 25.3 Å². The third-order valence-electron chi connectivity index (χ3n) is 4.66. The highest BCUT2D eigenvalue weighted by Gasteiger charge is 2.23. The van der Waals surface area contributed by atoms with Crippen LogP contribution in [0.1, 0.15) is 18.4 Å². The van der Waals surface area contributed by atoms with Crippen molar-refractivity contribution in [3.05, 3.63) is 59.1 Å². The van der Waals surface area contributed by atoms with Crippen LogP contribution in [-0.2, 0) is 16.1 Å². The van der Waals surface area contributed by atoms with E-state index in [2.05, 4.69) is 5.32 Å². The molecule has 1 N–H and O–H groups in total. The van der Waals surface area contributed by atoms with Crippen molar-refractivity contribution in [2.45, 2.75) is 25.5 Å². The average molecular weight is 389 g/mol. The molecule has 0 bridgehead atoms. The number of carbonyl (C=O) groups excluding carboxylic acids is 1. The summed E-state index contributed by atoms with van der Waals surface area (Å²) in [5.74, 6) is 0.776. The number of ether oxygens (including phenoxy) is 2. The summed E-state index contributed by atoms with van der Waals surface area (Å²) in [6.07, 6.45) is 2.11. The molecular formula is C21H25ClN2O3. The van der Waals surface area contributed by atoms with E-state index in [9.17, 15) is 4.79 Å². The zero-order chi connectivity index (χ0) is 19.1. The number of nitrogens with one attached hydrogen (secondary N) is 1. The van der Waals surface area contributed by atoms with Gasteiger partial charge in [-0.1, -0.05) is 41.9 Å². The van der Waals surface area contributed by atoms with E-state index in [0.29, 0.717) is 18.1 Å². The Morgan fingerprint density at radius 2 is 2.04 bits per heavy atom. The molecule has 27 heavy (non-hydrogen) atoms. The van der Waals surface area contributed by atoms with Gasteiger partial charge < -0.3 is 19.7 Å². The number of halogens is 1. The van der Waals surface area contributed by atoms with Crippen molar-refractivity contribution in [1.29, 1.82) is 0 Å². The van der Waals surface area contributed by atoms with Crippen LogP contribution in [-0.4, -0.2) is 43.7 Å². The van der Waals surface area contributed by atoms with Crippen molar-refractivity contribution in [2.75, 3.05) is 32.1 Å². The molecule has 1 amide bonds. The fourth-order valence-corrected chi connectivity index (χ4v) is 3.42. The Bertz CT molecular complexity index is 763. The van der Waals surface area contributed by atoms with Crippen LogP contribution >= 0.6 is 11.6 Å². The minimum atomic E-state index is -0.00340. The minimum Gasteiger partial charge on any atom is -0.496 e. The lowest BCUT2D eigenvalue weighted by atomic mass is 10.1. The molecular weight excluding hydrogens is 364 g/mol. The van der Waals surface area contributed by atoms with E-state index in [-0.39, 0.29) is 18.6 Å². The Morgan fingerprint density at radius 3 is 2.78 bits per heavy atom. The molecule has 1 saturated heterocycles. The summed E-state index contributed by atoms with van der Waals surface area (Å²) in [6.45, 7) is 1.98. The Kier molecular flexibility index (Phi) is 6.96. The van der Waals surface area contributed by atoms with E-state index in [4.69, 9.17) is 21.1 Å². The molecule has 144 valence electrons. The number of rotatable bonds is 8. The van der Waals surface area contributed by atoms with Crippen LogP contribution < -0.4 is 10.1 Å². The van der Waals surface area contributed by atoms with Gasteiger partial charge in [0.1, 0.15) is 5.75 Å². The highest BCUT2D eigenvalue weighted by atomic mass is 35.5. The van der Waals surface area contributed by atoms with Crippen molar-refractivity contribution in [3.63, 3.8) is 0 Å². The molecule has 1 fully saturated rings. The van der Waals surface area contributed by atoms with Gasteiger partial charge in [-0.15, -0.1) is 0 Å². The minimum absolute atomic E-state index is 0.00340. The topological polar surface area (TPSA) is 50.8 Å². The van der Waals surface area contributed by atoms with Gasteiger partial charge in [0.05, 0.1) is 30.5 Å². The third kappa shape index (κ3) is 5.37. The maximum atomic E-state index is 12.9. The average Bonchev–Trinajstić information content (AvgIpc) is 3.20. The monoisotopic (exact) mass is 388 g/mol. The van der Waals surface area contributed by atoms with Gasteiger partial charge in [-0.2, -0.15) is 0 Å². The molecule has 1 heterocycles. The first-order valence-electron chi connectivity index (χ1n) is 9.17. The molecule has 0 spiro atoms. The third-order valence-corrected chi connectivity index (χ3v) is 4.99. The van der Waals surface area contributed by atoms with Gasteiger partial charge in [0.15, 0.2) is 0 Å². The van der Waals surface area contributed by atoms with Crippen molar-refractivity contribution in [3.8, 4) is 5.75 Å². The normalized spacial score (nSPS) is 16.1. The second-order valence-corrected chi connectivity index (χ2v) is 6.96. The van der Waals surface area contributed by atoms with Gasteiger partial charge in [0.2, 0.25) is 5.91 Å². The predicted molar refractivity (Wildman–Crippen MR) is 107 cm³/mol. The standard InChI is InChI=1S/C21H25ClN2O3/c1-26-20-11-5-2-7-16(20)14-24(15-17-8-6-12-27-17)21(25)13-23-19-10-4-3-9-18(19)22/h2-5,7,9-11,17,23H,6,8,12-15H2,1H3. The van der Waals surface area contributed by atoms with E-state index in [0.717, 1.165) is 36.4 Å². The van der Waals surface area contributed by atoms with E-state index in [1.54, 1.807) is 13.2 Å². The number of para-hydroxylation sites is 2.